The first-order valence-electron chi connectivity index (χ1n) is 7.38. The van der Waals surface area contributed by atoms with E-state index in [9.17, 15) is 0 Å². The summed E-state index contributed by atoms with van der Waals surface area (Å²) in [5.74, 6) is 1.76. The molecule has 0 aliphatic rings. The molecular formula is C18H14ClN5O. The highest BCUT2D eigenvalue weighted by molar-refractivity contribution is 6.31. The van der Waals surface area contributed by atoms with Crippen LogP contribution in [0.3, 0.4) is 0 Å². The monoisotopic (exact) mass is 351 g/mol. The highest BCUT2D eigenvalue weighted by Crippen LogP contribution is 2.30. The van der Waals surface area contributed by atoms with E-state index in [0.717, 1.165) is 0 Å². The fraction of sp³-hybridized carbons (Fsp3) is 0.0556. The highest BCUT2D eigenvalue weighted by Gasteiger charge is 2.07. The van der Waals surface area contributed by atoms with Crippen molar-refractivity contribution < 1.29 is 4.74 Å². The molecule has 0 aliphatic heterocycles. The minimum absolute atomic E-state index is 0.534. The molecule has 0 amide bonds. The third-order valence-electron chi connectivity index (χ3n) is 3.40. The zero-order chi connectivity index (χ0) is 17.6. The quantitative estimate of drug-likeness (QED) is 0.704. The number of methoxy groups -OCH3 is 1. The molecule has 2 aromatic carbocycles. The Labute approximate surface area is 150 Å². The first kappa shape index (κ1) is 16.6. The van der Waals surface area contributed by atoms with E-state index in [4.69, 9.17) is 21.6 Å². The van der Waals surface area contributed by atoms with Crippen molar-refractivity contribution in [3.63, 3.8) is 0 Å². The lowest BCUT2D eigenvalue weighted by atomic mass is 10.2. The van der Waals surface area contributed by atoms with Crippen molar-refractivity contribution in [3.05, 3.63) is 65.4 Å². The molecule has 0 saturated heterocycles. The zero-order valence-electron chi connectivity index (χ0n) is 13.3. The summed E-state index contributed by atoms with van der Waals surface area (Å²) in [7, 11) is 1.58. The Balaban J connectivity index is 1.85. The summed E-state index contributed by atoms with van der Waals surface area (Å²) in [6.45, 7) is 0. The third kappa shape index (κ3) is 3.97. The van der Waals surface area contributed by atoms with E-state index in [-0.39, 0.29) is 0 Å². The lowest BCUT2D eigenvalue weighted by Crippen LogP contribution is -2.00. The van der Waals surface area contributed by atoms with E-state index in [0.29, 0.717) is 39.3 Å². The summed E-state index contributed by atoms with van der Waals surface area (Å²) in [6.07, 6.45) is 1.43. The topological polar surface area (TPSA) is 82.9 Å². The number of nitrogens with one attached hydrogen (secondary N) is 2. The van der Waals surface area contributed by atoms with Gasteiger partial charge in [0, 0.05) is 11.1 Å². The van der Waals surface area contributed by atoms with Crippen LogP contribution in [0, 0.1) is 11.3 Å². The highest BCUT2D eigenvalue weighted by atomic mass is 35.5. The Bertz CT molecular complexity index is 939. The van der Waals surface area contributed by atoms with Crippen molar-refractivity contribution in [2.75, 3.05) is 17.7 Å². The molecule has 124 valence electrons. The zero-order valence-corrected chi connectivity index (χ0v) is 14.1. The van der Waals surface area contributed by atoms with Gasteiger partial charge in [0.15, 0.2) is 0 Å². The molecule has 7 heteroatoms. The van der Waals surface area contributed by atoms with Crippen LogP contribution in [0.4, 0.5) is 23.0 Å². The number of halogens is 1. The normalized spacial score (nSPS) is 9.96. The van der Waals surface area contributed by atoms with Gasteiger partial charge in [-0.2, -0.15) is 5.26 Å². The summed E-state index contributed by atoms with van der Waals surface area (Å²) in [6, 6.07) is 16.3. The average molecular weight is 352 g/mol. The maximum atomic E-state index is 9.17. The van der Waals surface area contributed by atoms with Crippen LogP contribution in [0.1, 0.15) is 5.56 Å². The number of hydrogen-bond acceptors (Lipinski definition) is 6. The van der Waals surface area contributed by atoms with E-state index in [1.165, 1.54) is 6.33 Å². The number of anilines is 4. The van der Waals surface area contributed by atoms with Gasteiger partial charge < -0.3 is 15.4 Å². The molecule has 3 aromatic rings. The number of benzene rings is 2. The molecule has 0 fully saturated rings. The summed E-state index contributed by atoms with van der Waals surface area (Å²) < 4.78 is 5.31. The second-order valence-electron chi connectivity index (χ2n) is 5.04. The lowest BCUT2D eigenvalue weighted by molar-refractivity contribution is 0.417. The van der Waals surface area contributed by atoms with Crippen LogP contribution in [0.25, 0.3) is 0 Å². The molecule has 0 spiro atoms. The SMILES string of the molecule is COc1ccc(Cl)cc1Nc1cc(Nc2ccccc2C#N)ncn1. The summed E-state index contributed by atoms with van der Waals surface area (Å²) >= 11 is 6.04. The first-order chi connectivity index (χ1) is 12.2. The number of hydrogen-bond donors (Lipinski definition) is 2. The summed E-state index contributed by atoms with van der Waals surface area (Å²) in [4.78, 5) is 8.38. The van der Waals surface area contributed by atoms with E-state index in [1.807, 2.05) is 18.2 Å². The lowest BCUT2D eigenvalue weighted by Gasteiger charge is -2.12. The molecule has 0 aliphatic carbocycles. The van der Waals surface area contributed by atoms with Gasteiger partial charge in [-0.3, -0.25) is 0 Å². The van der Waals surface area contributed by atoms with Crippen LogP contribution in [-0.4, -0.2) is 17.1 Å². The van der Waals surface area contributed by atoms with Crippen molar-refractivity contribution in [1.29, 1.82) is 5.26 Å². The molecule has 2 N–H and O–H groups in total. The van der Waals surface area contributed by atoms with Crippen LogP contribution < -0.4 is 15.4 Å². The van der Waals surface area contributed by atoms with Gasteiger partial charge in [0.25, 0.3) is 0 Å². The van der Waals surface area contributed by atoms with Gasteiger partial charge in [-0.1, -0.05) is 23.7 Å². The van der Waals surface area contributed by atoms with Gasteiger partial charge in [0.05, 0.1) is 24.0 Å². The fourth-order valence-electron chi connectivity index (χ4n) is 2.24. The molecule has 1 aromatic heterocycles. The van der Waals surface area contributed by atoms with Crippen LogP contribution in [0.15, 0.2) is 54.9 Å². The number of nitriles is 1. The molecule has 0 radical (unpaired) electrons. The summed E-state index contributed by atoms with van der Waals surface area (Å²) in [5, 5.41) is 16.0. The molecule has 0 bridgehead atoms. The smallest absolute Gasteiger partial charge is 0.142 e. The average Bonchev–Trinajstić information content (AvgIpc) is 2.63. The van der Waals surface area contributed by atoms with E-state index < -0.39 is 0 Å². The fourth-order valence-corrected chi connectivity index (χ4v) is 2.41. The van der Waals surface area contributed by atoms with Gasteiger partial charge in [0.2, 0.25) is 0 Å². The van der Waals surface area contributed by atoms with Crippen LogP contribution in [0.5, 0.6) is 5.75 Å². The van der Waals surface area contributed by atoms with Gasteiger partial charge in [-0.25, -0.2) is 9.97 Å². The van der Waals surface area contributed by atoms with Crippen molar-refractivity contribution in [3.8, 4) is 11.8 Å². The predicted molar refractivity (Wildman–Crippen MR) is 97.8 cm³/mol. The third-order valence-corrected chi connectivity index (χ3v) is 3.64. The van der Waals surface area contributed by atoms with Gasteiger partial charge in [0.1, 0.15) is 29.8 Å². The molecule has 1 heterocycles. The predicted octanol–water partition coefficient (Wildman–Crippen LogP) is 4.50. The second kappa shape index (κ2) is 7.51. The van der Waals surface area contributed by atoms with Crippen molar-refractivity contribution >= 4 is 34.6 Å². The number of ether oxygens (including phenoxy) is 1. The molecule has 0 saturated carbocycles. The Morgan fingerprint density at radius 3 is 2.44 bits per heavy atom. The Kier molecular flexibility index (Phi) is 4.97. The van der Waals surface area contributed by atoms with Gasteiger partial charge in [-0.05, 0) is 30.3 Å². The van der Waals surface area contributed by atoms with Crippen LogP contribution in [0.2, 0.25) is 5.02 Å². The molecule has 3 rings (SSSR count). The first-order valence-corrected chi connectivity index (χ1v) is 7.76. The van der Waals surface area contributed by atoms with E-state index >= 15 is 0 Å². The Morgan fingerprint density at radius 2 is 1.72 bits per heavy atom. The maximum Gasteiger partial charge on any atom is 0.142 e. The number of nitrogens with zero attached hydrogens (tertiary/aromatic N) is 3. The van der Waals surface area contributed by atoms with Gasteiger partial charge >= 0.3 is 0 Å². The maximum absolute atomic E-state index is 9.17. The molecule has 0 atom stereocenters. The molecule has 25 heavy (non-hydrogen) atoms. The van der Waals surface area contributed by atoms with Crippen LogP contribution in [-0.2, 0) is 0 Å². The van der Waals surface area contributed by atoms with Crippen molar-refractivity contribution in [2.45, 2.75) is 0 Å². The summed E-state index contributed by atoms with van der Waals surface area (Å²) in [5.41, 5.74) is 1.90. The number of para-hydroxylation sites is 1. The molecule has 0 unspecified atom stereocenters. The Hall–Kier alpha value is -3.30. The number of rotatable bonds is 5. The minimum Gasteiger partial charge on any atom is -0.495 e. The second-order valence-corrected chi connectivity index (χ2v) is 5.48. The number of aromatic nitrogens is 2. The minimum atomic E-state index is 0.534. The molecule has 6 nitrogen and oxygen atoms in total. The molecular weight excluding hydrogens is 338 g/mol. The van der Waals surface area contributed by atoms with Crippen molar-refractivity contribution in [2.24, 2.45) is 0 Å². The van der Waals surface area contributed by atoms with E-state index in [2.05, 4.69) is 26.7 Å². The van der Waals surface area contributed by atoms with E-state index in [1.54, 1.807) is 37.4 Å². The van der Waals surface area contributed by atoms with Crippen LogP contribution >= 0.6 is 11.6 Å². The standard InChI is InChI=1S/C18H14ClN5O/c1-25-16-7-6-13(19)8-15(16)24-18-9-17(21-11-22-18)23-14-5-3-2-4-12(14)10-20/h2-9,11H,1H3,(H2,21,22,23,24). The largest absolute Gasteiger partial charge is 0.495 e. The van der Waals surface area contributed by atoms with Crippen molar-refractivity contribution in [1.82, 2.24) is 9.97 Å². The Morgan fingerprint density at radius 1 is 1.00 bits per heavy atom. The van der Waals surface area contributed by atoms with Gasteiger partial charge in [-0.15, -0.1) is 0 Å².